The fourth-order valence-electron chi connectivity index (χ4n) is 2.45. The first kappa shape index (κ1) is 13.8. The molecule has 2 heterocycles. The molecule has 2 saturated heterocycles. The standard InChI is InChI=1S/C13H24N2O3/c1-11(13(16)15-6-3-2-4-7-15)14-9-12-5-8-17-10-18-12/h11-12,14H,2-10H2,1H3. The highest BCUT2D eigenvalue weighted by atomic mass is 16.7. The highest BCUT2D eigenvalue weighted by molar-refractivity contribution is 5.81. The minimum absolute atomic E-state index is 0.116. The van der Waals surface area contributed by atoms with Crippen LogP contribution in [0, 0.1) is 0 Å². The maximum absolute atomic E-state index is 12.2. The summed E-state index contributed by atoms with van der Waals surface area (Å²) < 4.78 is 10.6. The summed E-state index contributed by atoms with van der Waals surface area (Å²) in [5, 5.41) is 3.28. The summed E-state index contributed by atoms with van der Waals surface area (Å²) in [6.45, 7) is 5.62. The number of carbonyl (C=O) groups is 1. The highest BCUT2D eigenvalue weighted by Gasteiger charge is 2.23. The second-order valence-electron chi connectivity index (χ2n) is 5.12. The van der Waals surface area contributed by atoms with Crippen LogP contribution in [0.2, 0.25) is 0 Å². The first-order valence-electron chi connectivity index (χ1n) is 6.99. The molecule has 2 rings (SSSR count). The van der Waals surface area contributed by atoms with Gasteiger partial charge in [-0.1, -0.05) is 0 Å². The zero-order chi connectivity index (χ0) is 12.8. The van der Waals surface area contributed by atoms with Gasteiger partial charge >= 0.3 is 0 Å². The van der Waals surface area contributed by atoms with Crippen LogP contribution >= 0.6 is 0 Å². The number of nitrogens with one attached hydrogen (secondary N) is 1. The number of likely N-dealkylation sites (tertiary alicyclic amines) is 1. The molecule has 104 valence electrons. The Morgan fingerprint density at radius 2 is 2.17 bits per heavy atom. The fraction of sp³-hybridized carbons (Fsp3) is 0.923. The summed E-state index contributed by atoms with van der Waals surface area (Å²) in [6.07, 6.45) is 4.61. The van der Waals surface area contributed by atoms with Gasteiger partial charge in [-0.3, -0.25) is 4.79 Å². The van der Waals surface area contributed by atoms with Gasteiger partial charge in [0.25, 0.3) is 0 Å². The van der Waals surface area contributed by atoms with E-state index in [0.717, 1.165) is 45.5 Å². The van der Waals surface area contributed by atoms with Gasteiger partial charge < -0.3 is 19.7 Å². The summed E-state index contributed by atoms with van der Waals surface area (Å²) in [5.74, 6) is 0.224. The summed E-state index contributed by atoms with van der Waals surface area (Å²) in [5.41, 5.74) is 0. The third-order valence-electron chi connectivity index (χ3n) is 3.66. The molecule has 18 heavy (non-hydrogen) atoms. The number of hydrogen-bond acceptors (Lipinski definition) is 4. The Balaban J connectivity index is 1.69. The van der Waals surface area contributed by atoms with Crippen molar-refractivity contribution in [3.8, 4) is 0 Å². The molecule has 2 aliphatic heterocycles. The molecule has 0 aromatic heterocycles. The van der Waals surface area contributed by atoms with Gasteiger partial charge in [0.05, 0.1) is 18.8 Å². The largest absolute Gasteiger partial charge is 0.355 e. The predicted octanol–water partition coefficient (Wildman–Crippen LogP) is 0.740. The zero-order valence-corrected chi connectivity index (χ0v) is 11.2. The first-order valence-corrected chi connectivity index (χ1v) is 6.99. The van der Waals surface area contributed by atoms with E-state index in [2.05, 4.69) is 5.32 Å². The molecule has 0 saturated carbocycles. The number of hydrogen-bond donors (Lipinski definition) is 1. The van der Waals surface area contributed by atoms with Crippen LogP contribution in [0.3, 0.4) is 0 Å². The molecule has 0 aliphatic carbocycles. The van der Waals surface area contributed by atoms with Crippen LogP contribution in [-0.4, -0.2) is 56.0 Å². The van der Waals surface area contributed by atoms with Crippen molar-refractivity contribution in [2.45, 2.75) is 44.8 Å². The van der Waals surface area contributed by atoms with Crippen LogP contribution in [-0.2, 0) is 14.3 Å². The van der Waals surface area contributed by atoms with Crippen molar-refractivity contribution in [2.24, 2.45) is 0 Å². The number of ether oxygens (including phenoxy) is 2. The van der Waals surface area contributed by atoms with Crippen LogP contribution in [0.25, 0.3) is 0 Å². The van der Waals surface area contributed by atoms with Gasteiger partial charge in [-0.15, -0.1) is 0 Å². The average molecular weight is 256 g/mol. The number of carbonyl (C=O) groups excluding carboxylic acids is 1. The zero-order valence-electron chi connectivity index (χ0n) is 11.2. The minimum Gasteiger partial charge on any atom is -0.355 e. The third kappa shape index (κ3) is 3.93. The quantitative estimate of drug-likeness (QED) is 0.806. The monoisotopic (exact) mass is 256 g/mol. The van der Waals surface area contributed by atoms with Crippen molar-refractivity contribution in [1.29, 1.82) is 0 Å². The molecular formula is C13H24N2O3. The number of piperidine rings is 1. The lowest BCUT2D eigenvalue weighted by Gasteiger charge is -2.30. The Bertz CT molecular complexity index is 261. The lowest BCUT2D eigenvalue weighted by molar-refractivity contribution is -0.140. The SMILES string of the molecule is CC(NCC1CCOCO1)C(=O)N1CCCCC1. The van der Waals surface area contributed by atoms with Gasteiger partial charge in [0, 0.05) is 19.6 Å². The molecule has 2 aliphatic rings. The molecule has 5 nitrogen and oxygen atoms in total. The Labute approximate surface area is 109 Å². The highest BCUT2D eigenvalue weighted by Crippen LogP contribution is 2.10. The van der Waals surface area contributed by atoms with Gasteiger partial charge in [-0.25, -0.2) is 0 Å². The maximum Gasteiger partial charge on any atom is 0.239 e. The van der Waals surface area contributed by atoms with Crippen molar-refractivity contribution in [1.82, 2.24) is 10.2 Å². The van der Waals surface area contributed by atoms with Crippen molar-refractivity contribution in [3.05, 3.63) is 0 Å². The fourth-order valence-corrected chi connectivity index (χ4v) is 2.45. The Morgan fingerprint density at radius 1 is 1.39 bits per heavy atom. The molecular weight excluding hydrogens is 232 g/mol. The summed E-state index contributed by atoms with van der Waals surface area (Å²) in [4.78, 5) is 14.1. The molecule has 2 fully saturated rings. The lowest BCUT2D eigenvalue weighted by Crippen LogP contribution is -2.49. The van der Waals surface area contributed by atoms with Gasteiger partial charge in [-0.2, -0.15) is 0 Å². The number of rotatable bonds is 4. The molecule has 1 amide bonds. The van der Waals surface area contributed by atoms with E-state index in [1.807, 2.05) is 11.8 Å². The van der Waals surface area contributed by atoms with E-state index in [1.165, 1.54) is 6.42 Å². The predicted molar refractivity (Wildman–Crippen MR) is 68.2 cm³/mol. The van der Waals surface area contributed by atoms with E-state index < -0.39 is 0 Å². The number of nitrogens with zero attached hydrogens (tertiary/aromatic N) is 1. The van der Waals surface area contributed by atoms with E-state index in [-0.39, 0.29) is 18.1 Å². The molecule has 0 bridgehead atoms. The molecule has 0 spiro atoms. The first-order chi connectivity index (χ1) is 8.77. The van der Waals surface area contributed by atoms with Crippen molar-refractivity contribution in [2.75, 3.05) is 33.0 Å². The Hall–Kier alpha value is -0.650. The smallest absolute Gasteiger partial charge is 0.239 e. The van der Waals surface area contributed by atoms with E-state index in [1.54, 1.807) is 0 Å². The van der Waals surface area contributed by atoms with Crippen molar-refractivity contribution >= 4 is 5.91 Å². The second-order valence-corrected chi connectivity index (χ2v) is 5.12. The normalized spacial score (nSPS) is 26.9. The van der Waals surface area contributed by atoms with E-state index in [4.69, 9.17) is 9.47 Å². The van der Waals surface area contributed by atoms with E-state index >= 15 is 0 Å². The molecule has 2 unspecified atom stereocenters. The molecule has 0 radical (unpaired) electrons. The average Bonchev–Trinajstić information content (AvgIpc) is 2.46. The maximum atomic E-state index is 12.2. The lowest BCUT2D eigenvalue weighted by atomic mass is 10.1. The number of amides is 1. The van der Waals surface area contributed by atoms with Crippen LogP contribution < -0.4 is 5.32 Å². The molecule has 1 N–H and O–H groups in total. The van der Waals surface area contributed by atoms with Crippen LogP contribution in [0.15, 0.2) is 0 Å². The minimum atomic E-state index is -0.116. The van der Waals surface area contributed by atoms with Gasteiger partial charge in [0.15, 0.2) is 0 Å². The summed E-state index contributed by atoms with van der Waals surface area (Å²) in [7, 11) is 0. The van der Waals surface area contributed by atoms with Crippen LogP contribution in [0.4, 0.5) is 0 Å². The van der Waals surface area contributed by atoms with E-state index in [9.17, 15) is 4.79 Å². The molecule has 2 atom stereocenters. The Kier molecular flexibility index (Phi) is 5.41. The van der Waals surface area contributed by atoms with Crippen LogP contribution in [0.1, 0.15) is 32.6 Å². The molecule has 0 aromatic rings. The van der Waals surface area contributed by atoms with Gasteiger partial charge in [-0.05, 0) is 32.6 Å². The Morgan fingerprint density at radius 3 is 2.83 bits per heavy atom. The summed E-state index contributed by atoms with van der Waals surface area (Å²) >= 11 is 0. The van der Waals surface area contributed by atoms with Gasteiger partial charge in [0.1, 0.15) is 6.79 Å². The third-order valence-corrected chi connectivity index (χ3v) is 3.66. The van der Waals surface area contributed by atoms with Gasteiger partial charge in [0.2, 0.25) is 5.91 Å². The van der Waals surface area contributed by atoms with Crippen LogP contribution in [0.5, 0.6) is 0 Å². The topological polar surface area (TPSA) is 50.8 Å². The van der Waals surface area contributed by atoms with E-state index in [0.29, 0.717) is 6.79 Å². The second kappa shape index (κ2) is 7.07. The van der Waals surface area contributed by atoms with Crippen molar-refractivity contribution < 1.29 is 14.3 Å². The summed E-state index contributed by atoms with van der Waals surface area (Å²) in [6, 6.07) is -0.116. The van der Waals surface area contributed by atoms with Crippen molar-refractivity contribution in [3.63, 3.8) is 0 Å². The molecule has 0 aromatic carbocycles. The molecule has 5 heteroatoms.